The van der Waals surface area contributed by atoms with Crippen LogP contribution in [0.5, 0.6) is 0 Å². The second-order valence-electron chi connectivity index (χ2n) is 9.89. The summed E-state index contributed by atoms with van der Waals surface area (Å²) in [6, 6.07) is 14.0. The summed E-state index contributed by atoms with van der Waals surface area (Å²) in [5, 5.41) is 13.5. The monoisotopic (exact) mass is 514 g/mol. The molecule has 0 bridgehead atoms. The number of rotatable bonds is 7. The lowest BCUT2D eigenvalue weighted by Gasteiger charge is -2.28. The van der Waals surface area contributed by atoms with Crippen molar-refractivity contribution in [2.75, 3.05) is 26.7 Å². The molecule has 1 saturated carbocycles. The van der Waals surface area contributed by atoms with Crippen LogP contribution in [0.2, 0.25) is 0 Å². The second kappa shape index (κ2) is 10.0. The Morgan fingerprint density at radius 3 is 2.97 bits per heavy atom. The fourth-order valence-corrected chi connectivity index (χ4v) is 6.72. The maximum Gasteiger partial charge on any atom is 0.251 e. The van der Waals surface area contributed by atoms with Gasteiger partial charge in [-0.1, -0.05) is 48.2 Å². The van der Waals surface area contributed by atoms with Crippen LogP contribution in [0.15, 0.2) is 76.4 Å². The minimum Gasteiger partial charge on any atom is -0.392 e. The Hall–Kier alpha value is -3.04. The van der Waals surface area contributed by atoms with E-state index < -0.39 is 0 Å². The number of nitrogens with zero attached hydrogens (tertiary/aromatic N) is 3. The van der Waals surface area contributed by atoms with E-state index in [1.165, 1.54) is 21.6 Å². The van der Waals surface area contributed by atoms with Crippen molar-refractivity contribution in [3.8, 4) is 0 Å². The molecule has 0 saturated heterocycles. The molecule has 2 N–H and O–H groups in total. The van der Waals surface area contributed by atoms with E-state index in [0.29, 0.717) is 23.6 Å². The Morgan fingerprint density at radius 2 is 2.11 bits per heavy atom. The molecule has 2 aromatic carbocycles. The molecule has 1 fully saturated rings. The van der Waals surface area contributed by atoms with E-state index >= 15 is 0 Å². The number of aliphatic hydroxyl groups excluding tert-OH is 1. The molecule has 2 atom stereocenters. The van der Waals surface area contributed by atoms with Gasteiger partial charge in [-0.2, -0.15) is 0 Å². The zero-order valence-corrected chi connectivity index (χ0v) is 21.6. The third-order valence-corrected chi connectivity index (χ3v) is 8.70. The number of hydrogen-bond donors (Lipinski definition) is 2. The summed E-state index contributed by atoms with van der Waals surface area (Å²) >= 11 is 1.68. The lowest BCUT2D eigenvalue weighted by molar-refractivity contribution is 0.0662. The molecular formula is C29H30N4O3S. The van der Waals surface area contributed by atoms with Gasteiger partial charge in [0.15, 0.2) is 0 Å². The Labute approximate surface area is 221 Å². The molecule has 6 rings (SSSR count). The lowest BCUT2D eigenvalue weighted by Crippen LogP contribution is -2.35. The predicted molar refractivity (Wildman–Crippen MR) is 141 cm³/mol. The summed E-state index contributed by atoms with van der Waals surface area (Å²) in [7, 11) is 1.78. The quantitative estimate of drug-likeness (QED) is 0.461. The SMILES string of the molecule is COC12CC1c1cc(CN3CCC=C(CNC(=O)c4ccccc4CO)C3)ccc1Sc1nccnc12. The first-order valence-corrected chi connectivity index (χ1v) is 13.5. The minimum absolute atomic E-state index is 0.148. The van der Waals surface area contributed by atoms with E-state index in [0.717, 1.165) is 43.2 Å². The number of benzene rings is 2. The highest BCUT2D eigenvalue weighted by Gasteiger charge is 2.61. The van der Waals surface area contributed by atoms with Crippen LogP contribution in [0.25, 0.3) is 0 Å². The van der Waals surface area contributed by atoms with Crippen LogP contribution in [0, 0.1) is 0 Å². The third kappa shape index (κ3) is 4.59. The number of carbonyl (C=O) groups excluding carboxylic acids is 1. The fraction of sp³-hybridized carbons (Fsp3) is 0.345. The number of aromatic nitrogens is 2. The van der Waals surface area contributed by atoms with Gasteiger partial charge in [-0.3, -0.25) is 14.7 Å². The molecule has 8 heteroatoms. The van der Waals surface area contributed by atoms with E-state index in [-0.39, 0.29) is 18.1 Å². The fourth-order valence-electron chi connectivity index (χ4n) is 5.62. The molecule has 37 heavy (non-hydrogen) atoms. The van der Waals surface area contributed by atoms with Crippen LogP contribution in [-0.2, 0) is 23.5 Å². The molecule has 1 aliphatic carbocycles. The van der Waals surface area contributed by atoms with Crippen LogP contribution in [0.3, 0.4) is 0 Å². The number of ether oxygens (including phenoxy) is 1. The van der Waals surface area contributed by atoms with Crippen molar-refractivity contribution in [1.82, 2.24) is 20.2 Å². The molecule has 3 aliphatic rings. The maximum absolute atomic E-state index is 12.7. The zero-order valence-electron chi connectivity index (χ0n) is 20.8. The minimum atomic E-state index is -0.367. The molecular weight excluding hydrogens is 484 g/mol. The molecule has 3 heterocycles. The van der Waals surface area contributed by atoms with Crippen molar-refractivity contribution in [3.63, 3.8) is 0 Å². The topological polar surface area (TPSA) is 87.6 Å². The third-order valence-electron chi connectivity index (χ3n) is 7.62. The summed E-state index contributed by atoms with van der Waals surface area (Å²) in [4.78, 5) is 25.6. The van der Waals surface area contributed by atoms with Gasteiger partial charge in [-0.25, -0.2) is 4.98 Å². The average Bonchev–Trinajstić information content (AvgIpc) is 3.69. The van der Waals surface area contributed by atoms with Crippen molar-refractivity contribution in [2.45, 2.75) is 47.4 Å². The van der Waals surface area contributed by atoms with E-state index in [4.69, 9.17) is 4.74 Å². The molecule has 3 aromatic rings. The first-order valence-electron chi connectivity index (χ1n) is 12.7. The molecule has 7 nitrogen and oxygen atoms in total. The predicted octanol–water partition coefficient (Wildman–Crippen LogP) is 4.02. The Balaban J connectivity index is 1.12. The number of nitrogens with one attached hydrogen (secondary N) is 1. The standard InChI is InChI=1S/C29H30N4O3S/c1-36-29-14-24(29)23-13-19(8-9-25(23)37-28-26(29)30-10-11-31-28)16-33-12-4-5-20(17-33)15-32-27(35)22-7-3-2-6-21(22)18-34/h2-3,5-11,13,24,34H,4,12,14-18H2,1H3,(H,32,35). The summed E-state index contributed by atoms with van der Waals surface area (Å²) in [5.74, 6) is 0.147. The largest absolute Gasteiger partial charge is 0.392 e. The van der Waals surface area contributed by atoms with Crippen molar-refractivity contribution < 1.29 is 14.6 Å². The molecule has 1 amide bonds. The summed E-state index contributed by atoms with van der Waals surface area (Å²) in [6.07, 6.45) is 7.63. The molecule has 190 valence electrons. The highest BCUT2D eigenvalue weighted by molar-refractivity contribution is 7.99. The first kappa shape index (κ1) is 24.3. The van der Waals surface area contributed by atoms with Gasteiger partial charge in [0.2, 0.25) is 0 Å². The number of carbonyl (C=O) groups is 1. The zero-order chi connectivity index (χ0) is 25.4. The highest BCUT2D eigenvalue weighted by atomic mass is 32.2. The first-order chi connectivity index (χ1) is 18.1. The van der Waals surface area contributed by atoms with Gasteiger partial charge in [0, 0.05) is 62.1 Å². The van der Waals surface area contributed by atoms with Crippen molar-refractivity contribution in [1.29, 1.82) is 0 Å². The number of amides is 1. The summed E-state index contributed by atoms with van der Waals surface area (Å²) in [5.41, 5.74) is 5.58. The molecule has 2 unspecified atom stereocenters. The van der Waals surface area contributed by atoms with E-state index in [1.807, 2.05) is 12.1 Å². The Kier molecular flexibility index (Phi) is 6.58. The van der Waals surface area contributed by atoms with E-state index in [2.05, 4.69) is 44.5 Å². The van der Waals surface area contributed by atoms with Crippen LogP contribution in [0.1, 0.15) is 51.5 Å². The smallest absolute Gasteiger partial charge is 0.251 e. The van der Waals surface area contributed by atoms with Crippen LogP contribution in [0.4, 0.5) is 0 Å². The average molecular weight is 515 g/mol. The van der Waals surface area contributed by atoms with E-state index in [9.17, 15) is 9.90 Å². The summed E-state index contributed by atoms with van der Waals surface area (Å²) in [6.45, 7) is 3.02. The van der Waals surface area contributed by atoms with E-state index in [1.54, 1.807) is 43.4 Å². The lowest BCUT2D eigenvalue weighted by atomic mass is 10.0. The normalized spacial score (nSPS) is 22.2. The number of fused-ring (bicyclic) bond motifs is 5. The van der Waals surface area contributed by atoms with Crippen LogP contribution < -0.4 is 5.32 Å². The Bertz CT molecular complexity index is 1380. The highest BCUT2D eigenvalue weighted by Crippen LogP contribution is 2.65. The van der Waals surface area contributed by atoms with Gasteiger partial charge in [0.25, 0.3) is 5.91 Å². The molecule has 0 spiro atoms. The Morgan fingerprint density at radius 1 is 1.24 bits per heavy atom. The second-order valence-corrected chi connectivity index (χ2v) is 10.9. The van der Waals surface area contributed by atoms with Gasteiger partial charge < -0.3 is 15.2 Å². The van der Waals surface area contributed by atoms with Crippen molar-refractivity contribution >= 4 is 17.7 Å². The molecule has 2 aliphatic heterocycles. The van der Waals surface area contributed by atoms with Gasteiger partial charge in [-0.05, 0) is 47.2 Å². The van der Waals surface area contributed by atoms with Crippen LogP contribution >= 0.6 is 11.8 Å². The number of hydrogen-bond acceptors (Lipinski definition) is 7. The number of methoxy groups -OCH3 is 1. The van der Waals surface area contributed by atoms with Gasteiger partial charge in [-0.15, -0.1) is 0 Å². The van der Waals surface area contributed by atoms with Gasteiger partial charge in [0.1, 0.15) is 16.3 Å². The summed E-state index contributed by atoms with van der Waals surface area (Å²) < 4.78 is 6.03. The van der Waals surface area contributed by atoms with Crippen molar-refractivity contribution in [2.24, 2.45) is 0 Å². The van der Waals surface area contributed by atoms with Gasteiger partial charge in [0.05, 0.1) is 6.61 Å². The molecule has 1 aromatic heterocycles. The number of aliphatic hydroxyl groups is 1. The van der Waals surface area contributed by atoms with Gasteiger partial charge >= 0.3 is 0 Å². The molecule has 0 radical (unpaired) electrons. The van der Waals surface area contributed by atoms with Crippen molar-refractivity contribution in [3.05, 3.63) is 94.5 Å². The maximum atomic E-state index is 12.7. The van der Waals surface area contributed by atoms with Crippen LogP contribution in [-0.4, -0.2) is 52.6 Å².